The number of rotatable bonds is 8. The van der Waals surface area contributed by atoms with Gasteiger partial charge in [-0.3, -0.25) is 9.10 Å². The lowest BCUT2D eigenvalue weighted by Gasteiger charge is -2.22. The van der Waals surface area contributed by atoms with Crippen LogP contribution in [0.1, 0.15) is 21.5 Å². The van der Waals surface area contributed by atoms with Gasteiger partial charge in [0.25, 0.3) is 5.91 Å². The molecule has 0 aliphatic rings. The van der Waals surface area contributed by atoms with E-state index in [0.29, 0.717) is 24.2 Å². The molecule has 0 spiro atoms. The van der Waals surface area contributed by atoms with E-state index in [2.05, 4.69) is 27.9 Å². The normalized spacial score (nSPS) is 11.2. The smallest absolute Gasteiger partial charge is 0.251 e. The van der Waals surface area contributed by atoms with Gasteiger partial charge in [0.05, 0.1) is 18.5 Å². The molecule has 0 aliphatic carbocycles. The number of anilines is 1. The molecular formula is C23H22FIN2O3S. The number of amides is 1. The highest BCUT2D eigenvalue weighted by Crippen LogP contribution is 2.22. The van der Waals surface area contributed by atoms with Crippen molar-refractivity contribution >= 4 is 44.2 Å². The highest BCUT2D eigenvalue weighted by atomic mass is 127. The van der Waals surface area contributed by atoms with Crippen LogP contribution >= 0.6 is 22.6 Å². The van der Waals surface area contributed by atoms with Crippen molar-refractivity contribution in [2.45, 2.75) is 13.0 Å². The number of benzene rings is 3. The molecule has 3 rings (SSSR count). The fraction of sp³-hybridized carbons (Fsp3) is 0.174. The highest BCUT2D eigenvalue weighted by Gasteiger charge is 2.18. The summed E-state index contributed by atoms with van der Waals surface area (Å²) in [6.07, 6.45) is 1.78. The van der Waals surface area contributed by atoms with Crippen LogP contribution in [0.25, 0.3) is 0 Å². The third-order valence-corrected chi connectivity index (χ3v) is 6.53. The van der Waals surface area contributed by atoms with Crippen LogP contribution in [0.5, 0.6) is 0 Å². The summed E-state index contributed by atoms with van der Waals surface area (Å²) in [5.74, 6) is -0.504. The molecule has 1 amide bonds. The molecule has 3 aromatic rings. The minimum atomic E-state index is -3.47. The van der Waals surface area contributed by atoms with Crippen molar-refractivity contribution in [2.75, 3.05) is 17.1 Å². The van der Waals surface area contributed by atoms with Crippen molar-refractivity contribution < 1.29 is 17.6 Å². The Labute approximate surface area is 195 Å². The third kappa shape index (κ3) is 6.76. The van der Waals surface area contributed by atoms with E-state index in [9.17, 15) is 17.6 Å². The highest BCUT2D eigenvalue weighted by molar-refractivity contribution is 14.1. The average molecular weight is 552 g/mol. The lowest BCUT2D eigenvalue weighted by molar-refractivity contribution is 0.0954. The lowest BCUT2D eigenvalue weighted by Crippen LogP contribution is -2.29. The van der Waals surface area contributed by atoms with Crippen LogP contribution in [0, 0.1) is 9.39 Å². The minimum Gasteiger partial charge on any atom is -0.352 e. The standard InChI is InChI=1S/C23H22FIN2O3S/c1-31(29,30)27(22-12-10-21(25)11-13-22)16-18-2-6-19(7-3-18)23(28)26-15-14-17-4-8-20(24)9-5-17/h2-13H,14-16H2,1H3,(H,26,28). The molecule has 0 radical (unpaired) electrons. The van der Waals surface area contributed by atoms with Crippen molar-refractivity contribution in [1.82, 2.24) is 5.32 Å². The zero-order valence-corrected chi connectivity index (χ0v) is 19.9. The van der Waals surface area contributed by atoms with Gasteiger partial charge in [-0.2, -0.15) is 0 Å². The largest absolute Gasteiger partial charge is 0.352 e. The summed E-state index contributed by atoms with van der Waals surface area (Å²) < 4.78 is 39.9. The minimum absolute atomic E-state index is 0.173. The molecule has 0 bridgehead atoms. The van der Waals surface area contributed by atoms with Crippen molar-refractivity contribution in [3.05, 3.63) is 98.9 Å². The zero-order chi connectivity index (χ0) is 22.4. The number of nitrogens with one attached hydrogen (secondary N) is 1. The van der Waals surface area contributed by atoms with E-state index >= 15 is 0 Å². The number of sulfonamides is 1. The van der Waals surface area contributed by atoms with Crippen LogP contribution in [-0.2, 0) is 23.0 Å². The van der Waals surface area contributed by atoms with Crippen LogP contribution in [0.3, 0.4) is 0 Å². The summed E-state index contributed by atoms with van der Waals surface area (Å²) in [6.45, 7) is 0.604. The van der Waals surface area contributed by atoms with E-state index in [1.807, 2.05) is 12.1 Å². The van der Waals surface area contributed by atoms with E-state index in [1.165, 1.54) is 22.7 Å². The molecule has 1 N–H and O–H groups in total. The topological polar surface area (TPSA) is 66.5 Å². The maximum absolute atomic E-state index is 12.9. The van der Waals surface area contributed by atoms with Crippen molar-refractivity contribution in [3.63, 3.8) is 0 Å². The Kier molecular flexibility index (Phi) is 7.66. The molecule has 0 saturated carbocycles. The summed E-state index contributed by atoms with van der Waals surface area (Å²) in [6, 6.07) is 20.3. The Hall–Kier alpha value is -2.46. The maximum Gasteiger partial charge on any atom is 0.251 e. The molecule has 0 atom stereocenters. The van der Waals surface area contributed by atoms with Gasteiger partial charge >= 0.3 is 0 Å². The first-order valence-electron chi connectivity index (χ1n) is 9.57. The molecule has 0 heterocycles. The Morgan fingerprint density at radius 3 is 2.10 bits per heavy atom. The second-order valence-electron chi connectivity index (χ2n) is 7.08. The van der Waals surface area contributed by atoms with Gasteiger partial charge < -0.3 is 5.32 Å². The van der Waals surface area contributed by atoms with E-state index < -0.39 is 10.0 Å². The molecule has 8 heteroatoms. The lowest BCUT2D eigenvalue weighted by atomic mass is 10.1. The maximum atomic E-state index is 12.9. The van der Waals surface area contributed by atoms with Crippen LogP contribution in [-0.4, -0.2) is 27.1 Å². The molecule has 31 heavy (non-hydrogen) atoms. The summed E-state index contributed by atoms with van der Waals surface area (Å²) in [4.78, 5) is 12.4. The molecule has 0 unspecified atom stereocenters. The van der Waals surface area contributed by atoms with Gasteiger partial charge in [0.2, 0.25) is 10.0 Å². The van der Waals surface area contributed by atoms with Crippen molar-refractivity contribution in [1.29, 1.82) is 0 Å². The fourth-order valence-corrected chi connectivity index (χ4v) is 4.26. The van der Waals surface area contributed by atoms with Crippen LogP contribution in [0.2, 0.25) is 0 Å². The molecule has 0 aliphatic heterocycles. The second-order valence-corrected chi connectivity index (χ2v) is 10.2. The molecule has 3 aromatic carbocycles. The summed E-state index contributed by atoms with van der Waals surface area (Å²) >= 11 is 2.17. The first-order valence-corrected chi connectivity index (χ1v) is 12.5. The second kappa shape index (κ2) is 10.2. The Morgan fingerprint density at radius 2 is 1.52 bits per heavy atom. The molecular weight excluding hydrogens is 530 g/mol. The Morgan fingerprint density at radius 1 is 0.935 bits per heavy atom. The fourth-order valence-electron chi connectivity index (χ4n) is 3.01. The predicted octanol–water partition coefficient (Wildman–Crippen LogP) is 4.37. The van der Waals surface area contributed by atoms with E-state index in [-0.39, 0.29) is 18.3 Å². The van der Waals surface area contributed by atoms with Crippen molar-refractivity contribution in [3.8, 4) is 0 Å². The molecule has 0 saturated heterocycles. The number of halogens is 2. The van der Waals surface area contributed by atoms with Crippen LogP contribution in [0.4, 0.5) is 10.1 Å². The Balaban J connectivity index is 1.62. The van der Waals surface area contributed by atoms with Gasteiger partial charge in [0.15, 0.2) is 0 Å². The Bertz CT molecular complexity index is 1130. The van der Waals surface area contributed by atoms with Gasteiger partial charge in [0.1, 0.15) is 5.82 Å². The first-order chi connectivity index (χ1) is 14.7. The van der Waals surface area contributed by atoms with Gasteiger partial charge in [-0.05, 0) is 88.7 Å². The molecule has 0 aromatic heterocycles. The van der Waals surface area contributed by atoms with Gasteiger partial charge in [0, 0.05) is 15.7 Å². The number of hydrogen-bond acceptors (Lipinski definition) is 3. The molecule has 162 valence electrons. The van der Waals surface area contributed by atoms with Gasteiger partial charge in [-0.1, -0.05) is 24.3 Å². The van der Waals surface area contributed by atoms with Crippen molar-refractivity contribution in [2.24, 2.45) is 0 Å². The van der Waals surface area contributed by atoms with Crippen LogP contribution < -0.4 is 9.62 Å². The number of carbonyl (C=O) groups excluding carboxylic acids is 1. The predicted molar refractivity (Wildman–Crippen MR) is 129 cm³/mol. The quantitative estimate of drug-likeness (QED) is 0.423. The van der Waals surface area contributed by atoms with Crippen LogP contribution in [0.15, 0.2) is 72.8 Å². The average Bonchev–Trinajstić information content (AvgIpc) is 2.74. The third-order valence-electron chi connectivity index (χ3n) is 4.67. The molecule has 0 fully saturated rings. The summed E-state index contributed by atoms with van der Waals surface area (Å²) in [7, 11) is -3.47. The molecule has 5 nitrogen and oxygen atoms in total. The first kappa shape index (κ1) is 23.2. The van der Waals surface area contributed by atoms with E-state index in [0.717, 1.165) is 14.7 Å². The van der Waals surface area contributed by atoms with E-state index in [4.69, 9.17) is 0 Å². The zero-order valence-electron chi connectivity index (χ0n) is 16.9. The number of nitrogens with zero attached hydrogens (tertiary/aromatic N) is 1. The van der Waals surface area contributed by atoms with Gasteiger partial charge in [-0.15, -0.1) is 0 Å². The van der Waals surface area contributed by atoms with E-state index in [1.54, 1.807) is 48.5 Å². The van der Waals surface area contributed by atoms with Gasteiger partial charge in [-0.25, -0.2) is 12.8 Å². The number of hydrogen-bond donors (Lipinski definition) is 1. The summed E-state index contributed by atoms with van der Waals surface area (Å²) in [5, 5.41) is 2.84. The SMILES string of the molecule is CS(=O)(=O)N(Cc1ccc(C(=O)NCCc2ccc(F)cc2)cc1)c1ccc(I)cc1. The number of carbonyl (C=O) groups is 1. The summed E-state index contributed by atoms with van der Waals surface area (Å²) in [5.41, 5.74) is 2.79. The monoisotopic (exact) mass is 552 g/mol.